The summed E-state index contributed by atoms with van der Waals surface area (Å²) < 4.78 is 1.97. The van der Waals surface area contributed by atoms with Crippen LogP contribution in [0.5, 0.6) is 0 Å². The van der Waals surface area contributed by atoms with Crippen LogP contribution in [0.1, 0.15) is 16.7 Å². The van der Waals surface area contributed by atoms with Gasteiger partial charge in [-0.3, -0.25) is 9.78 Å². The molecule has 7 nitrogen and oxygen atoms in total. The lowest BCUT2D eigenvalue weighted by Crippen LogP contribution is -2.08. The highest BCUT2D eigenvalue weighted by Gasteiger charge is 2.05. The van der Waals surface area contributed by atoms with E-state index >= 15 is 0 Å². The van der Waals surface area contributed by atoms with Crippen molar-refractivity contribution in [2.24, 2.45) is 5.73 Å². The van der Waals surface area contributed by atoms with Gasteiger partial charge in [0.15, 0.2) is 0 Å². The molecule has 140 valence electrons. The summed E-state index contributed by atoms with van der Waals surface area (Å²) in [6, 6.07) is 9.39. The van der Waals surface area contributed by atoms with Gasteiger partial charge in [0.05, 0.1) is 6.33 Å². The smallest absolute Gasteiger partial charge is 0.248 e. The fraction of sp³-hybridized carbons (Fsp3) is 0.0476. The molecule has 0 radical (unpaired) electrons. The average Bonchev–Trinajstić information content (AvgIpc) is 3.23. The van der Waals surface area contributed by atoms with Crippen LogP contribution in [-0.2, 0) is 11.3 Å². The Morgan fingerprint density at radius 3 is 2.68 bits per heavy atom. The Morgan fingerprint density at radius 2 is 2.00 bits per heavy atom. The van der Waals surface area contributed by atoms with Crippen molar-refractivity contribution in [1.29, 1.82) is 5.41 Å². The lowest BCUT2D eigenvalue weighted by atomic mass is 10.0. The lowest BCUT2D eigenvalue weighted by Gasteiger charge is -2.06. The third-order valence-electron chi connectivity index (χ3n) is 4.06. The SMILES string of the molecule is N=C/C(=C\N)c1ccncc1/C=C/C(=O)Nc1ccc(Cn2ccnc2)cc1. The van der Waals surface area contributed by atoms with E-state index in [1.807, 2.05) is 35.0 Å². The number of pyridine rings is 1. The van der Waals surface area contributed by atoms with E-state index in [9.17, 15) is 4.79 Å². The summed E-state index contributed by atoms with van der Waals surface area (Å²) >= 11 is 0. The van der Waals surface area contributed by atoms with Gasteiger partial charge < -0.3 is 21.0 Å². The van der Waals surface area contributed by atoms with Gasteiger partial charge in [0.25, 0.3) is 0 Å². The molecule has 0 fully saturated rings. The summed E-state index contributed by atoms with van der Waals surface area (Å²) in [5.74, 6) is -0.259. The van der Waals surface area contributed by atoms with Gasteiger partial charge in [-0.2, -0.15) is 0 Å². The second-order valence-corrected chi connectivity index (χ2v) is 5.98. The first-order valence-electron chi connectivity index (χ1n) is 8.60. The molecule has 7 heteroatoms. The molecule has 0 saturated carbocycles. The van der Waals surface area contributed by atoms with Crippen LogP contribution in [0.25, 0.3) is 11.6 Å². The summed E-state index contributed by atoms with van der Waals surface area (Å²) in [6.45, 7) is 0.724. The maximum absolute atomic E-state index is 12.2. The number of benzene rings is 1. The van der Waals surface area contributed by atoms with Crippen LogP contribution in [0, 0.1) is 5.41 Å². The van der Waals surface area contributed by atoms with E-state index in [2.05, 4.69) is 15.3 Å². The van der Waals surface area contributed by atoms with Gasteiger partial charge in [-0.15, -0.1) is 0 Å². The van der Waals surface area contributed by atoms with Crippen LogP contribution >= 0.6 is 0 Å². The molecule has 2 aromatic heterocycles. The van der Waals surface area contributed by atoms with Crippen LogP contribution in [0.4, 0.5) is 5.69 Å². The first-order chi connectivity index (χ1) is 13.7. The molecule has 0 saturated heterocycles. The predicted octanol–water partition coefficient (Wildman–Crippen LogP) is 2.93. The molecule has 4 N–H and O–H groups in total. The number of carbonyl (C=O) groups is 1. The number of anilines is 1. The number of carbonyl (C=O) groups excluding carboxylic acids is 1. The van der Waals surface area contributed by atoms with E-state index in [-0.39, 0.29) is 5.91 Å². The summed E-state index contributed by atoms with van der Waals surface area (Å²) in [6.07, 6.45) is 14.2. The average molecular weight is 372 g/mol. The van der Waals surface area contributed by atoms with E-state index in [1.165, 1.54) is 12.3 Å². The Kier molecular flexibility index (Phi) is 6.10. The molecule has 0 aliphatic heterocycles. The lowest BCUT2D eigenvalue weighted by molar-refractivity contribution is -0.111. The molecule has 28 heavy (non-hydrogen) atoms. The molecular formula is C21H20N6O. The molecule has 1 amide bonds. The summed E-state index contributed by atoms with van der Waals surface area (Å²) in [5.41, 5.74) is 9.36. The second kappa shape index (κ2) is 9.09. The summed E-state index contributed by atoms with van der Waals surface area (Å²) in [5, 5.41) is 10.3. The number of imidazole rings is 1. The first-order valence-corrected chi connectivity index (χ1v) is 8.60. The number of nitrogens with one attached hydrogen (secondary N) is 2. The number of hydrogen-bond donors (Lipinski definition) is 3. The number of amides is 1. The Bertz CT molecular complexity index is 1000. The van der Waals surface area contributed by atoms with E-state index in [1.54, 1.807) is 37.1 Å². The van der Waals surface area contributed by atoms with Crippen molar-refractivity contribution in [2.75, 3.05) is 5.32 Å². The van der Waals surface area contributed by atoms with E-state index in [0.29, 0.717) is 16.8 Å². The molecule has 0 atom stereocenters. The molecule has 3 rings (SSSR count). The van der Waals surface area contributed by atoms with Gasteiger partial charge in [-0.05, 0) is 35.4 Å². The van der Waals surface area contributed by atoms with Gasteiger partial charge in [0.2, 0.25) is 5.91 Å². The number of rotatable bonds is 7. The van der Waals surface area contributed by atoms with Crippen LogP contribution < -0.4 is 11.1 Å². The maximum Gasteiger partial charge on any atom is 0.248 e. The highest BCUT2D eigenvalue weighted by molar-refractivity contribution is 6.10. The fourth-order valence-corrected chi connectivity index (χ4v) is 2.65. The van der Waals surface area contributed by atoms with Crippen molar-refractivity contribution < 1.29 is 4.79 Å². The molecule has 0 bridgehead atoms. The van der Waals surface area contributed by atoms with E-state index in [4.69, 9.17) is 11.1 Å². The van der Waals surface area contributed by atoms with Gasteiger partial charge in [-0.25, -0.2) is 4.98 Å². The molecule has 0 aliphatic rings. The predicted molar refractivity (Wildman–Crippen MR) is 111 cm³/mol. The molecule has 0 spiro atoms. The third-order valence-corrected chi connectivity index (χ3v) is 4.06. The number of hydrogen-bond acceptors (Lipinski definition) is 5. The van der Waals surface area contributed by atoms with Crippen LogP contribution in [0.15, 0.2) is 73.7 Å². The van der Waals surface area contributed by atoms with Gasteiger partial charge in [0.1, 0.15) is 0 Å². The monoisotopic (exact) mass is 372 g/mol. The maximum atomic E-state index is 12.2. The van der Waals surface area contributed by atoms with Crippen molar-refractivity contribution in [3.8, 4) is 0 Å². The molecule has 3 aromatic rings. The molecule has 1 aromatic carbocycles. The van der Waals surface area contributed by atoms with Gasteiger partial charge >= 0.3 is 0 Å². The van der Waals surface area contributed by atoms with Crippen LogP contribution in [-0.4, -0.2) is 26.7 Å². The van der Waals surface area contributed by atoms with Crippen LogP contribution in [0.2, 0.25) is 0 Å². The molecule has 0 aliphatic carbocycles. The van der Waals surface area contributed by atoms with Crippen LogP contribution in [0.3, 0.4) is 0 Å². The van der Waals surface area contributed by atoms with Crippen molar-refractivity contribution in [2.45, 2.75) is 6.54 Å². The Balaban J connectivity index is 1.65. The zero-order valence-corrected chi connectivity index (χ0v) is 15.1. The molecular weight excluding hydrogens is 352 g/mol. The minimum absolute atomic E-state index is 0.259. The number of allylic oxidation sites excluding steroid dienone is 1. The van der Waals surface area contributed by atoms with Crippen molar-refractivity contribution >= 4 is 29.5 Å². The Labute approximate surface area is 162 Å². The molecule has 2 heterocycles. The summed E-state index contributed by atoms with van der Waals surface area (Å²) in [4.78, 5) is 20.3. The van der Waals surface area contributed by atoms with Gasteiger partial charge in [0, 0.05) is 66.6 Å². The fourth-order valence-electron chi connectivity index (χ4n) is 2.65. The summed E-state index contributed by atoms with van der Waals surface area (Å²) in [7, 11) is 0. The highest BCUT2D eigenvalue weighted by Crippen LogP contribution is 2.17. The zero-order chi connectivity index (χ0) is 19.8. The van der Waals surface area contributed by atoms with Crippen molar-refractivity contribution in [1.82, 2.24) is 14.5 Å². The largest absolute Gasteiger partial charge is 0.404 e. The van der Waals surface area contributed by atoms with Crippen molar-refractivity contribution in [3.63, 3.8) is 0 Å². The highest BCUT2D eigenvalue weighted by atomic mass is 16.1. The van der Waals surface area contributed by atoms with Crippen molar-refractivity contribution in [3.05, 3.63) is 90.4 Å². The Hall–Kier alpha value is -4.00. The van der Waals surface area contributed by atoms with Gasteiger partial charge in [-0.1, -0.05) is 12.1 Å². The standard InChI is InChI=1S/C21H20N6O/c22-11-18(12-23)20-7-8-24-13-17(20)3-6-21(28)26-19-4-1-16(2-5-19)14-27-10-9-25-15-27/h1-13,15,22H,14,23H2,(H,26,28)/b6-3+,18-12+,22-11?. The normalized spacial score (nSPS) is 11.5. The minimum atomic E-state index is -0.259. The number of nitrogens with two attached hydrogens (primary N) is 1. The minimum Gasteiger partial charge on any atom is -0.404 e. The topological polar surface area (TPSA) is 110 Å². The van der Waals surface area contributed by atoms with E-state index in [0.717, 1.165) is 23.9 Å². The molecule has 0 unspecified atom stereocenters. The number of nitrogens with zero attached hydrogens (tertiary/aromatic N) is 3. The second-order valence-electron chi connectivity index (χ2n) is 5.98. The number of aromatic nitrogens is 3. The zero-order valence-electron chi connectivity index (χ0n) is 15.1. The third kappa shape index (κ3) is 4.79. The van der Waals surface area contributed by atoms with E-state index < -0.39 is 0 Å². The quantitative estimate of drug-likeness (QED) is 0.437. The first kappa shape index (κ1) is 18.8. The Morgan fingerprint density at radius 1 is 1.18 bits per heavy atom.